The molecule has 39 heavy (non-hydrogen) atoms. The molecule has 3 aromatic rings. The number of carbonyl (C=O) groups is 4. The van der Waals surface area contributed by atoms with Crippen molar-refractivity contribution in [3.8, 4) is 0 Å². The van der Waals surface area contributed by atoms with Crippen molar-refractivity contribution in [1.82, 2.24) is 20.1 Å². The van der Waals surface area contributed by atoms with Crippen LogP contribution in [0.1, 0.15) is 29.7 Å². The lowest BCUT2D eigenvalue weighted by Crippen LogP contribution is -2.52. The number of rotatable bonds is 9. The first-order valence-electron chi connectivity index (χ1n) is 12.6. The predicted octanol–water partition coefficient (Wildman–Crippen LogP) is 3.37. The topological polar surface area (TPSA) is 131 Å². The van der Waals surface area contributed by atoms with Gasteiger partial charge in [-0.1, -0.05) is 23.7 Å². The molecule has 2 aromatic carbocycles. The average Bonchev–Trinajstić information content (AvgIpc) is 3.42. The largest absolute Gasteiger partial charge is 0.444 e. The minimum Gasteiger partial charge on any atom is -0.444 e. The van der Waals surface area contributed by atoms with Gasteiger partial charge in [0.15, 0.2) is 0 Å². The fourth-order valence-electron chi connectivity index (χ4n) is 4.75. The summed E-state index contributed by atoms with van der Waals surface area (Å²) in [5, 5.41) is 9.28. The Morgan fingerprint density at radius 1 is 1.13 bits per heavy atom. The molecule has 0 spiro atoms. The number of hydrogen-bond donors (Lipinski definition) is 3. The van der Waals surface area contributed by atoms with Crippen LogP contribution in [0.3, 0.4) is 0 Å². The number of aromatic nitrogens is 1. The van der Waals surface area contributed by atoms with E-state index in [1.807, 2.05) is 19.2 Å². The van der Waals surface area contributed by atoms with Crippen LogP contribution in [-0.2, 0) is 38.8 Å². The molecule has 204 valence electrons. The molecular weight excluding hydrogens is 526 g/mol. The van der Waals surface area contributed by atoms with E-state index in [-0.39, 0.29) is 31.5 Å². The molecule has 1 fully saturated rings. The van der Waals surface area contributed by atoms with Crippen LogP contribution in [0.25, 0.3) is 10.9 Å². The van der Waals surface area contributed by atoms with Crippen molar-refractivity contribution in [2.75, 3.05) is 25.5 Å². The summed E-state index contributed by atoms with van der Waals surface area (Å²) in [4.78, 5) is 50.7. The van der Waals surface area contributed by atoms with Gasteiger partial charge in [0.1, 0.15) is 12.6 Å². The van der Waals surface area contributed by atoms with Crippen LogP contribution in [0, 0.1) is 0 Å². The van der Waals surface area contributed by atoms with Crippen molar-refractivity contribution in [2.24, 2.45) is 0 Å². The molecule has 0 radical (unpaired) electrons. The van der Waals surface area contributed by atoms with E-state index in [2.05, 4.69) is 16.0 Å². The van der Waals surface area contributed by atoms with E-state index in [0.29, 0.717) is 35.9 Å². The number of hydrogen-bond acceptors (Lipinski definition) is 7. The molecule has 1 saturated heterocycles. The van der Waals surface area contributed by atoms with Crippen molar-refractivity contribution in [3.63, 3.8) is 0 Å². The number of piperidine rings is 1. The molecule has 0 saturated carbocycles. The number of ether oxygens (including phenoxy) is 2. The highest BCUT2D eigenvalue weighted by atomic mass is 35.5. The highest BCUT2D eigenvalue weighted by Crippen LogP contribution is 2.30. The van der Waals surface area contributed by atoms with Crippen LogP contribution in [0.15, 0.2) is 42.5 Å². The van der Waals surface area contributed by atoms with Crippen molar-refractivity contribution in [3.05, 3.63) is 64.3 Å². The van der Waals surface area contributed by atoms with Crippen molar-refractivity contribution in [1.29, 1.82) is 0 Å². The van der Waals surface area contributed by atoms with Crippen LogP contribution < -0.4 is 16.0 Å². The van der Waals surface area contributed by atoms with Gasteiger partial charge in [-0.05, 0) is 54.9 Å². The second kappa shape index (κ2) is 11.4. The van der Waals surface area contributed by atoms with Gasteiger partial charge >= 0.3 is 12.1 Å². The second-order valence-corrected chi connectivity index (χ2v) is 9.81. The summed E-state index contributed by atoms with van der Waals surface area (Å²) in [5.41, 5.74) is 3.52. The number of anilines is 1. The number of halogens is 1. The third-order valence-electron chi connectivity index (χ3n) is 6.72. The van der Waals surface area contributed by atoms with Crippen molar-refractivity contribution >= 4 is 52.1 Å². The Kier molecular flexibility index (Phi) is 7.82. The summed E-state index contributed by atoms with van der Waals surface area (Å²) >= 11 is 6.31. The zero-order valence-electron chi connectivity index (χ0n) is 21.3. The predicted molar refractivity (Wildman–Crippen MR) is 143 cm³/mol. The molecule has 1 aromatic heterocycles. The van der Waals surface area contributed by atoms with Gasteiger partial charge in [0.25, 0.3) is 0 Å². The lowest BCUT2D eigenvalue weighted by atomic mass is 10.0. The lowest BCUT2D eigenvalue weighted by Gasteiger charge is -2.28. The highest BCUT2D eigenvalue weighted by Gasteiger charge is 2.39. The van der Waals surface area contributed by atoms with Gasteiger partial charge in [-0.2, -0.15) is 0 Å². The molecule has 0 aliphatic carbocycles. The first-order valence-corrected chi connectivity index (χ1v) is 12.9. The quantitative estimate of drug-likeness (QED) is 0.273. The summed E-state index contributed by atoms with van der Waals surface area (Å²) < 4.78 is 12.5. The van der Waals surface area contributed by atoms with Gasteiger partial charge in [-0.25, -0.2) is 9.59 Å². The molecule has 5 rings (SSSR count). The molecule has 4 amide bonds. The van der Waals surface area contributed by atoms with E-state index in [0.717, 1.165) is 28.8 Å². The van der Waals surface area contributed by atoms with Gasteiger partial charge in [0, 0.05) is 34.8 Å². The monoisotopic (exact) mass is 553 g/mol. The minimum atomic E-state index is -0.668. The summed E-state index contributed by atoms with van der Waals surface area (Å²) in [5.74, 6) is -0.765. The van der Waals surface area contributed by atoms with Gasteiger partial charge < -0.3 is 19.7 Å². The fraction of sp³-hybridized carbons (Fsp3) is 0.333. The average molecular weight is 554 g/mol. The number of amides is 4. The molecular formula is C27H28ClN5O6. The summed E-state index contributed by atoms with van der Waals surface area (Å²) in [6.45, 7) is 1.98. The Labute approximate surface area is 229 Å². The SMILES string of the molecule is CNCCOCc1ccc(NC(=O)OCc2ccc3c(c2)cc2n3C(=O)N(C3CCC(=O)NC3=O)C2)cc1Cl. The molecule has 1 atom stereocenters. The molecule has 3 heterocycles. The Morgan fingerprint density at radius 3 is 2.74 bits per heavy atom. The zero-order valence-corrected chi connectivity index (χ0v) is 22.0. The number of nitrogens with zero attached hydrogens (tertiary/aromatic N) is 2. The third kappa shape index (κ3) is 5.75. The maximum absolute atomic E-state index is 13.1. The van der Waals surface area contributed by atoms with Crippen LogP contribution in [0.5, 0.6) is 0 Å². The Bertz CT molecular complexity index is 1450. The van der Waals surface area contributed by atoms with Crippen LogP contribution in [0.2, 0.25) is 5.02 Å². The van der Waals surface area contributed by atoms with Gasteiger partial charge in [-0.3, -0.25) is 24.8 Å². The molecule has 0 bridgehead atoms. The van der Waals surface area contributed by atoms with E-state index in [1.54, 1.807) is 34.9 Å². The Balaban J connectivity index is 1.17. The number of benzene rings is 2. The van der Waals surface area contributed by atoms with Crippen LogP contribution in [-0.4, -0.2) is 59.6 Å². The van der Waals surface area contributed by atoms with E-state index < -0.39 is 18.0 Å². The molecule has 2 aliphatic rings. The maximum Gasteiger partial charge on any atom is 0.411 e. The first kappa shape index (κ1) is 26.7. The van der Waals surface area contributed by atoms with Gasteiger partial charge in [0.2, 0.25) is 11.8 Å². The number of imide groups is 1. The molecule has 3 N–H and O–H groups in total. The molecule has 1 unspecified atom stereocenters. The van der Waals surface area contributed by atoms with E-state index in [9.17, 15) is 19.2 Å². The standard InChI is InChI=1S/C27H28ClN5O6/c1-29-8-9-38-15-17-3-4-19(12-21(17)28)30-26(36)39-14-16-2-5-22-18(10-16)11-20-13-32(27(37)33(20)22)23-6-7-24(34)31-25(23)35/h2-5,10-12,23,29H,6-9,13-15H2,1H3,(H,30,36)(H,31,34,35). The highest BCUT2D eigenvalue weighted by molar-refractivity contribution is 6.31. The molecule has 11 nitrogen and oxygen atoms in total. The number of fused-ring (bicyclic) bond motifs is 3. The molecule has 12 heteroatoms. The number of carbonyl (C=O) groups excluding carboxylic acids is 4. The summed E-state index contributed by atoms with van der Waals surface area (Å²) in [7, 11) is 1.85. The van der Waals surface area contributed by atoms with E-state index in [4.69, 9.17) is 21.1 Å². The lowest BCUT2D eigenvalue weighted by molar-refractivity contribution is -0.136. The van der Waals surface area contributed by atoms with Crippen molar-refractivity contribution < 1.29 is 28.7 Å². The Hall–Kier alpha value is -3.93. The number of likely N-dealkylation sites (N-methyl/N-ethyl adjacent to an activating group) is 1. The number of nitrogens with one attached hydrogen (secondary N) is 3. The van der Waals surface area contributed by atoms with Gasteiger partial charge in [0.05, 0.1) is 25.3 Å². The summed E-state index contributed by atoms with van der Waals surface area (Å²) in [6.07, 6.45) is -0.111. The normalized spacial score (nSPS) is 16.9. The van der Waals surface area contributed by atoms with E-state index in [1.165, 1.54) is 4.90 Å². The van der Waals surface area contributed by atoms with Crippen LogP contribution >= 0.6 is 11.6 Å². The zero-order chi connectivity index (χ0) is 27.5. The smallest absolute Gasteiger partial charge is 0.411 e. The third-order valence-corrected chi connectivity index (χ3v) is 7.07. The van der Waals surface area contributed by atoms with Gasteiger partial charge in [-0.15, -0.1) is 0 Å². The molecule has 2 aliphatic heterocycles. The maximum atomic E-state index is 13.1. The fourth-order valence-corrected chi connectivity index (χ4v) is 4.98. The summed E-state index contributed by atoms with van der Waals surface area (Å²) in [6, 6.07) is 11.5. The Morgan fingerprint density at radius 2 is 1.97 bits per heavy atom. The second-order valence-electron chi connectivity index (χ2n) is 9.41. The first-order chi connectivity index (χ1) is 18.8. The van der Waals surface area contributed by atoms with E-state index >= 15 is 0 Å². The van der Waals surface area contributed by atoms with Crippen molar-refractivity contribution in [2.45, 2.75) is 38.6 Å². The minimum absolute atomic E-state index is 0.0315. The van der Waals surface area contributed by atoms with Crippen LogP contribution in [0.4, 0.5) is 15.3 Å².